The van der Waals surface area contributed by atoms with Crippen molar-refractivity contribution in [1.29, 1.82) is 0 Å². The second kappa shape index (κ2) is 8.49. The molecule has 1 saturated carbocycles. The number of hydrogen-bond acceptors (Lipinski definition) is 4. The molecule has 0 aliphatic heterocycles. The summed E-state index contributed by atoms with van der Waals surface area (Å²) in [5.74, 6) is -0.123. The summed E-state index contributed by atoms with van der Waals surface area (Å²) in [6.07, 6.45) is 4.95. The third-order valence-electron chi connectivity index (χ3n) is 5.77. The van der Waals surface area contributed by atoms with Crippen LogP contribution in [0, 0.1) is 13.8 Å². The molecule has 31 heavy (non-hydrogen) atoms. The Labute approximate surface area is 182 Å². The Kier molecular flexibility index (Phi) is 5.76. The molecule has 7 heteroatoms. The van der Waals surface area contributed by atoms with Gasteiger partial charge in [-0.2, -0.15) is 5.10 Å². The minimum absolute atomic E-state index is 0.0602. The summed E-state index contributed by atoms with van der Waals surface area (Å²) < 4.78 is 1.93. The molecule has 7 nitrogen and oxygen atoms in total. The maximum absolute atomic E-state index is 12.5. The van der Waals surface area contributed by atoms with Crippen LogP contribution in [0.4, 0.5) is 5.69 Å². The zero-order valence-electron chi connectivity index (χ0n) is 18.5. The third kappa shape index (κ3) is 4.60. The first-order valence-electron chi connectivity index (χ1n) is 10.9. The summed E-state index contributed by atoms with van der Waals surface area (Å²) in [4.78, 5) is 29.3. The van der Waals surface area contributed by atoms with Gasteiger partial charge in [0.05, 0.1) is 6.20 Å². The predicted octanol–water partition coefficient (Wildman–Crippen LogP) is 4.09. The normalized spacial score (nSPS) is 13.6. The lowest BCUT2D eigenvalue weighted by molar-refractivity contribution is -0.116. The molecule has 2 amide bonds. The monoisotopic (exact) mass is 419 g/mol. The lowest BCUT2D eigenvalue weighted by Crippen LogP contribution is -2.25. The number of anilines is 1. The average molecular weight is 420 g/mol. The molecule has 4 rings (SSSR count). The maximum atomic E-state index is 12.5. The van der Waals surface area contributed by atoms with E-state index in [4.69, 9.17) is 4.98 Å². The lowest BCUT2D eigenvalue weighted by atomic mass is 10.0. The third-order valence-corrected chi connectivity index (χ3v) is 5.77. The molecular formula is C24H29N5O2. The van der Waals surface area contributed by atoms with Crippen molar-refractivity contribution in [2.45, 2.75) is 65.5 Å². The number of benzene rings is 1. The van der Waals surface area contributed by atoms with Gasteiger partial charge < -0.3 is 10.6 Å². The zero-order valence-corrected chi connectivity index (χ0v) is 18.5. The topological polar surface area (TPSA) is 88.9 Å². The molecule has 0 bridgehead atoms. The molecule has 0 spiro atoms. The number of nitrogens with zero attached hydrogens (tertiary/aromatic N) is 3. The Morgan fingerprint density at radius 1 is 1.16 bits per heavy atom. The van der Waals surface area contributed by atoms with E-state index < -0.39 is 0 Å². The summed E-state index contributed by atoms with van der Waals surface area (Å²) in [5, 5.41) is 11.4. The van der Waals surface area contributed by atoms with Crippen LogP contribution >= 0.6 is 0 Å². The molecule has 1 fully saturated rings. The molecule has 1 aromatic carbocycles. The molecule has 0 atom stereocenters. The van der Waals surface area contributed by atoms with Gasteiger partial charge in [-0.1, -0.05) is 0 Å². The highest BCUT2D eigenvalue weighted by atomic mass is 16.2. The van der Waals surface area contributed by atoms with Crippen LogP contribution in [0.3, 0.4) is 0 Å². The van der Waals surface area contributed by atoms with E-state index in [2.05, 4.69) is 36.5 Å². The second-order valence-corrected chi connectivity index (χ2v) is 8.59. The molecule has 1 aliphatic rings. The first kappa shape index (κ1) is 21.0. The van der Waals surface area contributed by atoms with Crippen molar-refractivity contribution < 1.29 is 9.59 Å². The number of pyridine rings is 1. The molecule has 0 radical (unpaired) electrons. The summed E-state index contributed by atoms with van der Waals surface area (Å²) >= 11 is 0. The Morgan fingerprint density at radius 3 is 2.52 bits per heavy atom. The first-order valence-corrected chi connectivity index (χ1v) is 10.9. The van der Waals surface area contributed by atoms with E-state index in [1.54, 1.807) is 24.3 Å². The largest absolute Gasteiger partial charge is 0.349 e. The van der Waals surface area contributed by atoms with E-state index in [0.29, 0.717) is 30.1 Å². The minimum Gasteiger partial charge on any atom is -0.349 e. The van der Waals surface area contributed by atoms with Crippen molar-refractivity contribution in [1.82, 2.24) is 20.1 Å². The van der Waals surface area contributed by atoms with E-state index in [9.17, 15) is 9.59 Å². The van der Waals surface area contributed by atoms with Gasteiger partial charge in [-0.25, -0.2) is 9.67 Å². The summed E-state index contributed by atoms with van der Waals surface area (Å²) in [6, 6.07) is 7.59. The van der Waals surface area contributed by atoms with Crippen LogP contribution in [0.1, 0.15) is 66.3 Å². The van der Waals surface area contributed by atoms with Crippen LogP contribution in [0.5, 0.6) is 0 Å². The highest BCUT2D eigenvalue weighted by molar-refractivity contribution is 5.96. The minimum atomic E-state index is -0.0630. The number of rotatable bonds is 7. The fraction of sp³-hybridized carbons (Fsp3) is 0.417. The van der Waals surface area contributed by atoms with Crippen molar-refractivity contribution in [3.63, 3.8) is 0 Å². The van der Waals surface area contributed by atoms with Crippen molar-refractivity contribution in [2.24, 2.45) is 0 Å². The molecule has 3 aromatic rings. The highest BCUT2D eigenvalue weighted by Gasteiger charge is 2.23. The van der Waals surface area contributed by atoms with Crippen molar-refractivity contribution >= 4 is 28.5 Å². The predicted molar refractivity (Wildman–Crippen MR) is 121 cm³/mol. The highest BCUT2D eigenvalue weighted by Crippen LogP contribution is 2.25. The van der Waals surface area contributed by atoms with Crippen molar-refractivity contribution in [3.8, 4) is 0 Å². The van der Waals surface area contributed by atoms with Gasteiger partial charge in [0.2, 0.25) is 5.91 Å². The van der Waals surface area contributed by atoms with E-state index >= 15 is 0 Å². The summed E-state index contributed by atoms with van der Waals surface area (Å²) in [5.41, 5.74) is 5.35. The molecule has 162 valence electrons. The Hall–Kier alpha value is -3.22. The van der Waals surface area contributed by atoms with E-state index in [-0.39, 0.29) is 17.9 Å². The molecule has 0 saturated heterocycles. The number of carbonyl (C=O) groups is 2. The Morgan fingerprint density at radius 2 is 1.87 bits per heavy atom. The van der Waals surface area contributed by atoms with Gasteiger partial charge in [0.15, 0.2) is 5.65 Å². The van der Waals surface area contributed by atoms with Crippen LogP contribution < -0.4 is 10.6 Å². The average Bonchev–Trinajstić information content (AvgIpc) is 3.43. The van der Waals surface area contributed by atoms with Crippen molar-refractivity contribution in [3.05, 3.63) is 52.8 Å². The van der Waals surface area contributed by atoms with Gasteiger partial charge in [0, 0.05) is 40.8 Å². The van der Waals surface area contributed by atoms with Gasteiger partial charge in [-0.3, -0.25) is 9.59 Å². The van der Waals surface area contributed by atoms with Crippen molar-refractivity contribution in [2.75, 3.05) is 5.32 Å². The fourth-order valence-corrected chi connectivity index (χ4v) is 3.80. The number of aryl methyl sites for hydroxylation is 2. The van der Waals surface area contributed by atoms with Gasteiger partial charge >= 0.3 is 0 Å². The molecule has 2 heterocycles. The smallest absolute Gasteiger partial charge is 0.251 e. The zero-order chi connectivity index (χ0) is 22.1. The number of aromatic nitrogens is 3. The Bertz CT molecular complexity index is 1130. The van der Waals surface area contributed by atoms with Gasteiger partial charge in [0.1, 0.15) is 0 Å². The number of amides is 2. The van der Waals surface area contributed by atoms with Crippen LogP contribution in [0.25, 0.3) is 11.0 Å². The molecule has 2 N–H and O–H groups in total. The molecular weight excluding hydrogens is 390 g/mol. The number of fused-ring (bicyclic) bond motifs is 1. The maximum Gasteiger partial charge on any atom is 0.251 e. The van der Waals surface area contributed by atoms with E-state index in [1.165, 1.54) is 0 Å². The van der Waals surface area contributed by atoms with Crippen LogP contribution in [-0.2, 0) is 11.2 Å². The van der Waals surface area contributed by atoms with E-state index in [1.807, 2.05) is 17.8 Å². The van der Waals surface area contributed by atoms with Gasteiger partial charge in [0.25, 0.3) is 5.91 Å². The SMILES string of the molecule is Cc1nc2c(cnn2C(C)C)c(C)c1CCC(=O)Nc1ccc(C(=O)NC2CC2)cc1. The standard InChI is InChI=1S/C24H29N5O2/c1-14(2)29-23-21(13-25-29)15(3)20(16(4)26-23)11-12-22(30)27-18-7-5-17(6-8-18)24(31)28-19-9-10-19/h5-8,13-14,19H,9-12H2,1-4H3,(H,27,30)(H,28,31). The number of hydrogen-bond donors (Lipinski definition) is 2. The molecule has 0 unspecified atom stereocenters. The number of carbonyl (C=O) groups excluding carboxylic acids is 2. The van der Waals surface area contributed by atoms with Crippen LogP contribution in [-0.4, -0.2) is 32.6 Å². The fourth-order valence-electron chi connectivity index (χ4n) is 3.80. The first-order chi connectivity index (χ1) is 14.8. The van der Waals surface area contributed by atoms with Gasteiger partial charge in [-0.05, 0) is 82.3 Å². The number of nitrogens with one attached hydrogen (secondary N) is 2. The van der Waals surface area contributed by atoms with Crippen LogP contribution in [0.15, 0.2) is 30.5 Å². The molecule has 2 aromatic heterocycles. The lowest BCUT2D eigenvalue weighted by Gasteiger charge is -2.13. The second-order valence-electron chi connectivity index (χ2n) is 8.59. The molecule has 1 aliphatic carbocycles. The van der Waals surface area contributed by atoms with Gasteiger partial charge in [-0.15, -0.1) is 0 Å². The summed E-state index contributed by atoms with van der Waals surface area (Å²) in [7, 11) is 0. The quantitative estimate of drug-likeness (QED) is 0.604. The summed E-state index contributed by atoms with van der Waals surface area (Å²) in [6.45, 7) is 8.23. The van der Waals surface area contributed by atoms with Crippen LogP contribution in [0.2, 0.25) is 0 Å². The Balaban J connectivity index is 1.39. The van der Waals surface area contributed by atoms with E-state index in [0.717, 1.165) is 40.7 Å².